The molecule has 2 N–H and O–H groups in total. The minimum Gasteiger partial charge on any atom is -0.392 e. The van der Waals surface area contributed by atoms with E-state index >= 15 is 0 Å². The molecule has 1 aromatic carbocycles. The lowest BCUT2D eigenvalue weighted by Gasteiger charge is -2.24. The van der Waals surface area contributed by atoms with Crippen LogP contribution in [0.3, 0.4) is 0 Å². The highest BCUT2D eigenvalue weighted by molar-refractivity contribution is 5.76. The van der Waals surface area contributed by atoms with Gasteiger partial charge in [0, 0.05) is 25.1 Å². The largest absolute Gasteiger partial charge is 0.392 e. The van der Waals surface area contributed by atoms with Gasteiger partial charge >= 0.3 is 0 Å². The van der Waals surface area contributed by atoms with Gasteiger partial charge in [0.25, 0.3) is 11.3 Å². The van der Waals surface area contributed by atoms with Crippen molar-refractivity contribution in [1.29, 1.82) is 0 Å². The molecule has 3 aromatic rings. The Kier molecular flexibility index (Phi) is 5.66. The molecule has 2 heterocycles. The van der Waals surface area contributed by atoms with Crippen LogP contribution in [-0.4, -0.2) is 48.1 Å². The van der Waals surface area contributed by atoms with Crippen molar-refractivity contribution in [3.63, 3.8) is 0 Å². The number of nitrogens with zero attached hydrogens (tertiary/aromatic N) is 4. The van der Waals surface area contributed by atoms with E-state index in [2.05, 4.69) is 15.1 Å². The lowest BCUT2D eigenvalue weighted by Crippen LogP contribution is -2.36. The Balaban J connectivity index is 1.75. The summed E-state index contributed by atoms with van der Waals surface area (Å²) in [6.45, 7) is 4.05. The number of amides is 1. The van der Waals surface area contributed by atoms with Gasteiger partial charge in [-0.05, 0) is 25.8 Å². The van der Waals surface area contributed by atoms with Gasteiger partial charge < -0.3 is 10.0 Å². The number of aliphatic hydroxyl groups excluding tert-OH is 1. The van der Waals surface area contributed by atoms with Gasteiger partial charge in [-0.15, -0.1) is 0 Å². The average molecular weight is 369 g/mol. The molecule has 8 heteroatoms. The summed E-state index contributed by atoms with van der Waals surface area (Å²) in [5.41, 5.74) is 1.81. The zero-order valence-corrected chi connectivity index (χ0v) is 15.4. The molecule has 0 saturated carbocycles. The summed E-state index contributed by atoms with van der Waals surface area (Å²) in [7, 11) is 0. The van der Waals surface area contributed by atoms with Crippen molar-refractivity contribution in [2.45, 2.75) is 39.3 Å². The van der Waals surface area contributed by atoms with Crippen LogP contribution in [0.15, 0.2) is 41.5 Å². The second-order valence-corrected chi connectivity index (χ2v) is 6.61. The molecule has 1 atom stereocenters. The molecule has 2 aromatic heterocycles. The Morgan fingerprint density at radius 1 is 1.33 bits per heavy atom. The van der Waals surface area contributed by atoms with Crippen molar-refractivity contribution < 1.29 is 9.90 Å². The van der Waals surface area contributed by atoms with Gasteiger partial charge in [-0.1, -0.05) is 30.3 Å². The maximum Gasteiger partial charge on any atom is 0.277 e. The fourth-order valence-corrected chi connectivity index (χ4v) is 3.05. The summed E-state index contributed by atoms with van der Waals surface area (Å²) in [6, 6.07) is 9.62. The number of aryl methyl sites for hydroxylation is 1. The monoisotopic (exact) mass is 369 g/mol. The second-order valence-electron chi connectivity index (χ2n) is 6.61. The molecule has 3 rings (SSSR count). The van der Waals surface area contributed by atoms with Crippen molar-refractivity contribution in [3.05, 3.63) is 63.8 Å². The van der Waals surface area contributed by atoms with E-state index in [0.29, 0.717) is 23.6 Å². The molecule has 0 fully saturated rings. The van der Waals surface area contributed by atoms with Crippen molar-refractivity contribution in [2.75, 3.05) is 6.54 Å². The first-order chi connectivity index (χ1) is 13.0. The van der Waals surface area contributed by atoms with Crippen molar-refractivity contribution in [2.24, 2.45) is 0 Å². The molecule has 0 aliphatic rings. The van der Waals surface area contributed by atoms with Crippen LogP contribution < -0.4 is 5.56 Å². The molecule has 0 saturated heterocycles. The number of rotatable bonds is 7. The number of aromatic amines is 1. The minimum absolute atomic E-state index is 0.117. The smallest absolute Gasteiger partial charge is 0.277 e. The van der Waals surface area contributed by atoms with Gasteiger partial charge in [-0.3, -0.25) is 14.7 Å². The molecule has 0 aliphatic carbocycles. The zero-order chi connectivity index (χ0) is 19.4. The number of hydrogen-bond donors (Lipinski definition) is 2. The van der Waals surface area contributed by atoms with Gasteiger partial charge in [-0.2, -0.15) is 4.52 Å². The first-order valence-electron chi connectivity index (χ1n) is 8.87. The summed E-state index contributed by atoms with van der Waals surface area (Å²) >= 11 is 0. The number of H-pyrrole nitrogens is 1. The zero-order valence-electron chi connectivity index (χ0n) is 15.4. The summed E-state index contributed by atoms with van der Waals surface area (Å²) in [6.07, 6.45) is 1.22. The highest BCUT2D eigenvalue weighted by Gasteiger charge is 2.18. The van der Waals surface area contributed by atoms with Gasteiger partial charge in [-0.25, -0.2) is 9.97 Å². The maximum absolute atomic E-state index is 12.8. The van der Waals surface area contributed by atoms with Crippen molar-refractivity contribution in [3.8, 4) is 0 Å². The Morgan fingerprint density at radius 2 is 2.07 bits per heavy atom. The molecule has 1 unspecified atom stereocenters. The third-order valence-corrected chi connectivity index (χ3v) is 4.37. The van der Waals surface area contributed by atoms with Crippen LogP contribution in [0.1, 0.15) is 30.2 Å². The fraction of sp³-hybridized carbons (Fsp3) is 0.368. The Morgan fingerprint density at radius 3 is 2.78 bits per heavy atom. The molecule has 1 amide bonds. The highest BCUT2D eigenvalue weighted by atomic mass is 16.3. The fourth-order valence-electron chi connectivity index (χ4n) is 3.05. The van der Waals surface area contributed by atoms with E-state index in [1.165, 1.54) is 10.8 Å². The number of aromatic nitrogens is 4. The lowest BCUT2D eigenvalue weighted by atomic mass is 10.1. The Hall–Kier alpha value is -3.00. The quantitative estimate of drug-likeness (QED) is 0.648. The molecule has 142 valence electrons. The molecular weight excluding hydrogens is 346 g/mol. The topological polar surface area (TPSA) is 104 Å². The molecule has 0 radical (unpaired) electrons. The SMILES string of the molecule is Cc1nc2nc[nH]n2c(=O)c1CCC(=O)N(Cc1ccccc1)CC(C)O. The average Bonchev–Trinajstić information content (AvgIpc) is 3.10. The Labute approximate surface area is 156 Å². The third-order valence-electron chi connectivity index (χ3n) is 4.37. The summed E-state index contributed by atoms with van der Waals surface area (Å²) in [5.74, 6) is 0.195. The standard InChI is InChI=1S/C19H23N5O3/c1-13(25)10-23(11-15-6-4-3-5-7-15)17(26)9-8-16-14(2)22-19-20-12-21-24(19)18(16)27/h3-7,12-13,25H,8-11H2,1-2H3,(H,20,21,22). The lowest BCUT2D eigenvalue weighted by molar-refractivity contribution is -0.133. The van der Waals surface area contributed by atoms with E-state index in [1.54, 1.807) is 18.7 Å². The van der Waals surface area contributed by atoms with Gasteiger partial charge in [0.05, 0.1) is 11.8 Å². The molecule has 0 aliphatic heterocycles. The molecule has 0 spiro atoms. The van der Waals surface area contributed by atoms with Crippen LogP contribution in [-0.2, 0) is 17.8 Å². The number of fused-ring (bicyclic) bond motifs is 1. The number of aliphatic hydroxyl groups is 1. The summed E-state index contributed by atoms with van der Waals surface area (Å²) in [5, 5.41) is 12.5. The number of carbonyl (C=O) groups is 1. The van der Waals surface area contributed by atoms with E-state index < -0.39 is 6.10 Å². The normalized spacial score (nSPS) is 12.3. The van der Waals surface area contributed by atoms with Gasteiger partial charge in [0.15, 0.2) is 0 Å². The van der Waals surface area contributed by atoms with Crippen LogP contribution in [0, 0.1) is 6.92 Å². The van der Waals surface area contributed by atoms with E-state index in [1.807, 2.05) is 30.3 Å². The predicted octanol–water partition coefficient (Wildman–Crippen LogP) is 1.07. The molecule has 8 nitrogen and oxygen atoms in total. The van der Waals surface area contributed by atoms with Crippen LogP contribution in [0.5, 0.6) is 0 Å². The minimum atomic E-state index is -0.631. The summed E-state index contributed by atoms with van der Waals surface area (Å²) < 4.78 is 1.27. The van der Waals surface area contributed by atoms with Crippen molar-refractivity contribution in [1.82, 2.24) is 24.5 Å². The van der Waals surface area contributed by atoms with E-state index in [4.69, 9.17) is 0 Å². The van der Waals surface area contributed by atoms with E-state index in [-0.39, 0.29) is 30.9 Å². The van der Waals surface area contributed by atoms with Crippen LogP contribution in [0.25, 0.3) is 5.78 Å². The van der Waals surface area contributed by atoms with Crippen LogP contribution in [0.2, 0.25) is 0 Å². The molecule has 27 heavy (non-hydrogen) atoms. The molecular formula is C19H23N5O3. The first kappa shape index (κ1) is 18.8. The molecule has 0 bridgehead atoms. The van der Waals surface area contributed by atoms with Crippen LogP contribution >= 0.6 is 0 Å². The maximum atomic E-state index is 12.8. The number of benzene rings is 1. The van der Waals surface area contributed by atoms with Crippen molar-refractivity contribution >= 4 is 11.7 Å². The Bertz CT molecular complexity index is 978. The number of nitrogens with one attached hydrogen (secondary N) is 1. The second kappa shape index (κ2) is 8.13. The first-order valence-corrected chi connectivity index (χ1v) is 8.87. The predicted molar refractivity (Wildman–Crippen MR) is 100 cm³/mol. The number of carbonyl (C=O) groups excluding carboxylic acids is 1. The third kappa shape index (κ3) is 4.40. The number of hydrogen-bond acceptors (Lipinski definition) is 5. The highest BCUT2D eigenvalue weighted by Crippen LogP contribution is 2.10. The van der Waals surface area contributed by atoms with Crippen LogP contribution in [0.4, 0.5) is 0 Å². The van der Waals surface area contributed by atoms with E-state index in [9.17, 15) is 14.7 Å². The van der Waals surface area contributed by atoms with Gasteiger partial charge in [0.1, 0.15) is 6.33 Å². The van der Waals surface area contributed by atoms with Gasteiger partial charge in [0.2, 0.25) is 5.91 Å². The summed E-state index contributed by atoms with van der Waals surface area (Å²) in [4.78, 5) is 35.2. The van der Waals surface area contributed by atoms with E-state index in [0.717, 1.165) is 5.56 Å².